The molecule has 0 aliphatic heterocycles. The first-order chi connectivity index (χ1) is 34.4. The Balaban J connectivity index is 0.931. The number of rotatable bonds is 9. The summed E-state index contributed by atoms with van der Waals surface area (Å²) in [5, 5.41) is 0. The van der Waals surface area contributed by atoms with Gasteiger partial charge in [0.1, 0.15) is 0 Å². The molecule has 0 radical (unpaired) electrons. The van der Waals surface area contributed by atoms with Crippen molar-refractivity contribution in [2.24, 2.45) is 11.8 Å². The molecule has 0 spiro atoms. The van der Waals surface area contributed by atoms with Crippen LogP contribution in [0.2, 0.25) is 0 Å². The van der Waals surface area contributed by atoms with Gasteiger partial charge in [0.2, 0.25) is 0 Å². The van der Waals surface area contributed by atoms with E-state index in [2.05, 4.69) is 236 Å². The molecule has 342 valence electrons. The van der Waals surface area contributed by atoms with Crippen molar-refractivity contribution in [2.75, 3.05) is 9.80 Å². The SMILES string of the molecule is CC1(C)c2ccccc2-c2cc(-c3ccccc3)c(N(c3ccc(-c4ccccc4)cc3)c3cc4ccc3CCc3ccc(c(N(c5ccccc5)c5ccc(C6CC7CCC6C7)cc5)c3)CC4)cc21. The molecule has 6 bridgehead atoms. The largest absolute Gasteiger partial charge is 0.310 e. The van der Waals surface area contributed by atoms with Crippen LogP contribution in [0.15, 0.2) is 212 Å². The van der Waals surface area contributed by atoms with Gasteiger partial charge in [-0.1, -0.05) is 172 Å². The van der Waals surface area contributed by atoms with Crippen LogP contribution in [0.4, 0.5) is 34.1 Å². The normalized spacial score (nSPS) is 18.2. The van der Waals surface area contributed by atoms with Gasteiger partial charge in [-0.3, -0.25) is 0 Å². The summed E-state index contributed by atoms with van der Waals surface area (Å²) < 4.78 is 0. The van der Waals surface area contributed by atoms with Crippen LogP contribution in [0.5, 0.6) is 0 Å². The maximum absolute atomic E-state index is 2.60. The van der Waals surface area contributed by atoms with Crippen LogP contribution < -0.4 is 9.80 Å². The molecule has 2 nitrogen and oxygen atoms in total. The van der Waals surface area contributed by atoms with Gasteiger partial charge >= 0.3 is 0 Å². The number of fused-ring (bicyclic) bond motifs is 5. The molecule has 3 atom stereocenters. The zero-order chi connectivity index (χ0) is 46.8. The Morgan fingerprint density at radius 1 is 0.386 bits per heavy atom. The second-order valence-electron chi connectivity index (χ2n) is 21.2. The molecule has 2 fully saturated rings. The Kier molecular flexibility index (Phi) is 10.7. The van der Waals surface area contributed by atoms with Gasteiger partial charge in [0.25, 0.3) is 0 Å². The summed E-state index contributed by atoms with van der Waals surface area (Å²) in [6.07, 6.45) is 9.31. The number of anilines is 6. The van der Waals surface area contributed by atoms with Crippen molar-refractivity contribution in [3.8, 4) is 33.4 Å². The summed E-state index contributed by atoms with van der Waals surface area (Å²) in [6.45, 7) is 4.81. The van der Waals surface area contributed by atoms with E-state index in [-0.39, 0.29) is 5.41 Å². The highest BCUT2D eigenvalue weighted by atomic mass is 15.2. The second kappa shape index (κ2) is 17.5. The van der Waals surface area contributed by atoms with E-state index in [0.29, 0.717) is 0 Å². The van der Waals surface area contributed by atoms with E-state index in [1.54, 1.807) is 0 Å². The highest BCUT2D eigenvalue weighted by Gasteiger charge is 2.40. The zero-order valence-corrected chi connectivity index (χ0v) is 40.5. The molecule has 70 heavy (non-hydrogen) atoms. The van der Waals surface area contributed by atoms with Crippen LogP contribution in [0.25, 0.3) is 33.4 Å². The van der Waals surface area contributed by atoms with Crippen molar-refractivity contribution in [1.82, 2.24) is 0 Å². The van der Waals surface area contributed by atoms with Crippen molar-refractivity contribution in [3.05, 3.63) is 251 Å². The summed E-state index contributed by atoms with van der Waals surface area (Å²) in [4.78, 5) is 5.13. The summed E-state index contributed by atoms with van der Waals surface area (Å²) in [5.41, 5.74) is 24.5. The van der Waals surface area contributed by atoms with Crippen LogP contribution in [-0.2, 0) is 31.1 Å². The lowest BCUT2D eigenvalue weighted by atomic mass is 9.81. The third kappa shape index (κ3) is 7.57. The molecule has 3 unspecified atom stereocenters. The van der Waals surface area contributed by atoms with E-state index in [4.69, 9.17) is 0 Å². The van der Waals surface area contributed by atoms with E-state index in [9.17, 15) is 0 Å². The molecule has 2 saturated carbocycles. The number of hydrogen-bond donors (Lipinski definition) is 0. The van der Waals surface area contributed by atoms with Gasteiger partial charge in [-0.05, 0) is 190 Å². The Hall–Kier alpha value is -7.42. The molecular weight excluding hydrogens is 845 g/mol. The topological polar surface area (TPSA) is 6.48 Å². The van der Waals surface area contributed by atoms with Crippen LogP contribution >= 0.6 is 0 Å². The number of aryl methyl sites for hydroxylation is 4. The fourth-order valence-corrected chi connectivity index (χ4v) is 13.1. The third-order valence-corrected chi connectivity index (χ3v) is 16.7. The lowest BCUT2D eigenvalue weighted by Crippen LogP contribution is -2.18. The van der Waals surface area contributed by atoms with Crippen LogP contribution in [0.3, 0.4) is 0 Å². The molecule has 9 aromatic rings. The van der Waals surface area contributed by atoms with E-state index in [1.807, 2.05) is 0 Å². The molecule has 0 aromatic heterocycles. The molecule has 7 aliphatic rings. The first kappa shape index (κ1) is 42.7. The monoisotopic (exact) mass is 904 g/mol. The van der Waals surface area contributed by atoms with Gasteiger partial charge in [-0.2, -0.15) is 0 Å². The summed E-state index contributed by atoms with van der Waals surface area (Å²) in [5.74, 6) is 2.53. The van der Waals surface area contributed by atoms with Crippen molar-refractivity contribution in [2.45, 2.75) is 76.5 Å². The first-order valence-corrected chi connectivity index (χ1v) is 25.9. The van der Waals surface area contributed by atoms with Crippen molar-refractivity contribution in [3.63, 3.8) is 0 Å². The maximum Gasteiger partial charge on any atom is 0.0543 e. The Bertz CT molecular complexity index is 3350. The molecule has 0 heterocycles. The highest BCUT2D eigenvalue weighted by molar-refractivity contribution is 5.95. The quantitative estimate of drug-likeness (QED) is 0.142. The predicted octanol–water partition coefficient (Wildman–Crippen LogP) is 18.1. The molecular formula is C68H60N2. The van der Waals surface area contributed by atoms with E-state index in [1.165, 1.54) is 126 Å². The van der Waals surface area contributed by atoms with Gasteiger partial charge in [0.15, 0.2) is 0 Å². The van der Waals surface area contributed by atoms with Crippen molar-refractivity contribution >= 4 is 34.1 Å². The van der Waals surface area contributed by atoms with E-state index in [0.717, 1.165) is 49.1 Å². The van der Waals surface area contributed by atoms with Crippen LogP contribution in [0, 0.1) is 11.8 Å². The van der Waals surface area contributed by atoms with Crippen LogP contribution in [0.1, 0.15) is 84.4 Å². The molecule has 7 aliphatic carbocycles. The zero-order valence-electron chi connectivity index (χ0n) is 40.5. The molecule has 0 saturated heterocycles. The van der Waals surface area contributed by atoms with Gasteiger partial charge in [0, 0.05) is 39.4 Å². The number of benzene rings is 9. The average Bonchev–Trinajstić information content (AvgIpc) is 4.11. The van der Waals surface area contributed by atoms with Gasteiger partial charge in [-0.25, -0.2) is 0 Å². The Morgan fingerprint density at radius 3 is 1.59 bits per heavy atom. The summed E-state index contributed by atoms with van der Waals surface area (Å²) >= 11 is 0. The third-order valence-electron chi connectivity index (χ3n) is 16.7. The van der Waals surface area contributed by atoms with Crippen LogP contribution in [-0.4, -0.2) is 0 Å². The standard InChI is InChI=1S/C68H60N2/c1-68(2)63-21-13-12-20-59(63)62-44-61(51-16-8-4-9-17-51)67(45-64(62)68)70(58-36-32-50(33-37-58)49-14-6-3-7-15-49)66-43-47-23-28-53-27-22-46(24-29-54(66)30-25-47)42-65(53)69(56-18-10-5-11-19-56)57-38-34-52(35-39-57)60-41-48-26-31-55(60)40-48/h3-22,25,27,30,32-39,42-45,48,55,60H,23-24,26,28-29,31,40-41H2,1-2H3. The number of nitrogens with zero attached hydrogens (tertiary/aromatic N) is 2. The van der Waals surface area contributed by atoms with Crippen molar-refractivity contribution in [1.29, 1.82) is 0 Å². The van der Waals surface area contributed by atoms with E-state index >= 15 is 0 Å². The minimum Gasteiger partial charge on any atom is -0.310 e. The first-order valence-electron chi connectivity index (χ1n) is 25.9. The molecule has 0 N–H and O–H groups in total. The lowest BCUT2D eigenvalue weighted by Gasteiger charge is -2.33. The maximum atomic E-state index is 2.60. The summed E-state index contributed by atoms with van der Waals surface area (Å²) in [6, 6.07) is 80.7. The predicted molar refractivity (Wildman–Crippen MR) is 294 cm³/mol. The molecule has 16 rings (SSSR count). The highest BCUT2D eigenvalue weighted by Crippen LogP contribution is 2.55. The fourth-order valence-electron chi connectivity index (χ4n) is 13.1. The average molecular weight is 905 g/mol. The minimum atomic E-state index is -0.158. The Labute approximate surface area is 414 Å². The van der Waals surface area contributed by atoms with Gasteiger partial charge in [-0.15, -0.1) is 0 Å². The molecule has 0 amide bonds. The second-order valence-corrected chi connectivity index (χ2v) is 21.2. The van der Waals surface area contributed by atoms with Crippen molar-refractivity contribution < 1.29 is 0 Å². The minimum absolute atomic E-state index is 0.158. The molecule has 2 heteroatoms. The lowest BCUT2D eigenvalue weighted by molar-refractivity contribution is 0.420. The molecule has 9 aromatic carbocycles. The number of hydrogen-bond acceptors (Lipinski definition) is 2. The Morgan fingerprint density at radius 2 is 0.943 bits per heavy atom. The van der Waals surface area contributed by atoms with Gasteiger partial charge < -0.3 is 9.80 Å². The summed E-state index contributed by atoms with van der Waals surface area (Å²) in [7, 11) is 0. The number of para-hydroxylation sites is 1. The fraction of sp³-hybridized carbons (Fsp3) is 0.206. The smallest absolute Gasteiger partial charge is 0.0543 e. The van der Waals surface area contributed by atoms with E-state index < -0.39 is 0 Å². The van der Waals surface area contributed by atoms with Gasteiger partial charge in [0.05, 0.1) is 5.69 Å².